The van der Waals surface area contributed by atoms with Gasteiger partial charge in [-0.15, -0.1) is 12.4 Å². The third kappa shape index (κ3) is 7.48. The molecule has 1 aliphatic heterocycles. The van der Waals surface area contributed by atoms with Gasteiger partial charge in [-0.1, -0.05) is 12.1 Å². The van der Waals surface area contributed by atoms with Gasteiger partial charge in [0.15, 0.2) is 0 Å². The lowest BCUT2D eigenvalue weighted by Crippen LogP contribution is -2.29. The summed E-state index contributed by atoms with van der Waals surface area (Å²) in [5, 5.41) is 9.08. The molecule has 7 heteroatoms. The smallest absolute Gasteiger partial charge is 0.255 e. The predicted octanol–water partition coefficient (Wildman–Crippen LogP) is 3.90. The summed E-state index contributed by atoms with van der Waals surface area (Å²) in [5.41, 5.74) is 1.93. The van der Waals surface area contributed by atoms with Crippen molar-refractivity contribution in [2.75, 3.05) is 18.4 Å². The Kier molecular flexibility index (Phi) is 9.09. The average Bonchev–Trinajstić information content (AvgIpc) is 2.72. The molecule has 156 valence electrons. The van der Waals surface area contributed by atoms with Crippen LogP contribution in [0.2, 0.25) is 0 Å². The van der Waals surface area contributed by atoms with Gasteiger partial charge in [0.25, 0.3) is 5.91 Å². The molecule has 1 heterocycles. The summed E-state index contributed by atoms with van der Waals surface area (Å²) < 4.78 is 13.0. The van der Waals surface area contributed by atoms with E-state index < -0.39 is 0 Å². The normalized spacial score (nSPS) is 14.0. The monoisotopic (exact) mass is 419 g/mol. The van der Waals surface area contributed by atoms with Crippen molar-refractivity contribution >= 4 is 29.9 Å². The van der Waals surface area contributed by atoms with Crippen molar-refractivity contribution in [3.8, 4) is 0 Å². The average molecular weight is 420 g/mol. The van der Waals surface area contributed by atoms with E-state index >= 15 is 0 Å². The molecule has 1 aliphatic rings. The van der Waals surface area contributed by atoms with Crippen LogP contribution in [0.1, 0.15) is 41.6 Å². The van der Waals surface area contributed by atoms with Gasteiger partial charge in [-0.2, -0.15) is 0 Å². The highest BCUT2D eigenvalue weighted by Crippen LogP contribution is 2.18. The van der Waals surface area contributed by atoms with Gasteiger partial charge in [-0.25, -0.2) is 4.39 Å². The highest BCUT2D eigenvalue weighted by Gasteiger charge is 2.14. The van der Waals surface area contributed by atoms with Crippen molar-refractivity contribution in [1.82, 2.24) is 10.6 Å². The van der Waals surface area contributed by atoms with Crippen LogP contribution in [0, 0.1) is 11.7 Å². The van der Waals surface area contributed by atoms with Crippen molar-refractivity contribution in [3.05, 3.63) is 65.5 Å². The molecule has 1 saturated heterocycles. The van der Waals surface area contributed by atoms with E-state index in [1.807, 2.05) is 18.2 Å². The molecule has 29 heavy (non-hydrogen) atoms. The standard InChI is InChI=1S/C22H26FN3O2.ClH/c23-19-7-5-18(6-8-19)22(28)26-20-3-1-2-17(14-20)15-25-21(27)9-4-16-10-12-24-13-11-16;/h1-3,5-8,14,16,24H,4,9-13,15H2,(H,25,27)(H,26,28);1H. The van der Waals surface area contributed by atoms with Crippen molar-refractivity contribution < 1.29 is 14.0 Å². The quantitative estimate of drug-likeness (QED) is 0.637. The fourth-order valence-corrected chi connectivity index (χ4v) is 3.36. The summed E-state index contributed by atoms with van der Waals surface area (Å²) >= 11 is 0. The molecule has 0 unspecified atom stereocenters. The maximum Gasteiger partial charge on any atom is 0.255 e. The first kappa shape index (κ1) is 22.8. The Morgan fingerprint density at radius 3 is 2.52 bits per heavy atom. The number of piperidine rings is 1. The predicted molar refractivity (Wildman–Crippen MR) is 115 cm³/mol. The number of anilines is 1. The van der Waals surface area contributed by atoms with Crippen molar-refractivity contribution in [1.29, 1.82) is 0 Å². The topological polar surface area (TPSA) is 70.2 Å². The van der Waals surface area contributed by atoms with Crippen LogP contribution in [0.4, 0.5) is 10.1 Å². The summed E-state index contributed by atoms with van der Waals surface area (Å²) in [5.74, 6) is 0.00823. The molecule has 0 spiro atoms. The van der Waals surface area contributed by atoms with Gasteiger partial charge in [0.2, 0.25) is 5.91 Å². The molecule has 3 rings (SSSR count). The van der Waals surface area contributed by atoms with E-state index in [1.165, 1.54) is 24.3 Å². The Balaban J connectivity index is 0.00000300. The van der Waals surface area contributed by atoms with Crippen LogP contribution in [0.5, 0.6) is 0 Å². The lowest BCUT2D eigenvalue weighted by atomic mass is 9.93. The number of nitrogens with one attached hydrogen (secondary N) is 3. The van der Waals surface area contributed by atoms with Crippen LogP contribution >= 0.6 is 12.4 Å². The Morgan fingerprint density at radius 2 is 1.79 bits per heavy atom. The van der Waals surface area contributed by atoms with Crippen LogP contribution in [0.25, 0.3) is 0 Å². The molecule has 0 saturated carbocycles. The minimum Gasteiger partial charge on any atom is -0.352 e. The summed E-state index contributed by atoms with van der Waals surface area (Å²) in [6.45, 7) is 2.51. The fraction of sp³-hybridized carbons (Fsp3) is 0.364. The number of carbonyl (C=O) groups is 2. The lowest BCUT2D eigenvalue weighted by Gasteiger charge is -2.22. The van der Waals surface area contributed by atoms with Crippen molar-refractivity contribution in [3.63, 3.8) is 0 Å². The van der Waals surface area contributed by atoms with Crippen molar-refractivity contribution in [2.45, 2.75) is 32.2 Å². The lowest BCUT2D eigenvalue weighted by molar-refractivity contribution is -0.121. The summed E-state index contributed by atoms with van der Waals surface area (Å²) in [7, 11) is 0. The van der Waals surface area contributed by atoms with E-state index in [0.717, 1.165) is 37.9 Å². The molecule has 0 aliphatic carbocycles. The second-order valence-corrected chi connectivity index (χ2v) is 7.17. The third-order valence-electron chi connectivity index (χ3n) is 5.02. The maximum atomic E-state index is 13.0. The molecule has 2 aromatic carbocycles. The van der Waals surface area contributed by atoms with E-state index in [9.17, 15) is 14.0 Å². The molecular weight excluding hydrogens is 393 g/mol. The zero-order valence-electron chi connectivity index (χ0n) is 16.2. The number of benzene rings is 2. The second kappa shape index (κ2) is 11.5. The molecule has 1 fully saturated rings. The van der Waals surface area contributed by atoms with E-state index in [2.05, 4.69) is 16.0 Å². The summed E-state index contributed by atoms with van der Waals surface area (Å²) in [4.78, 5) is 24.3. The highest BCUT2D eigenvalue weighted by molar-refractivity contribution is 6.04. The molecule has 2 aromatic rings. The summed E-state index contributed by atoms with van der Waals surface area (Å²) in [6, 6.07) is 12.7. The zero-order chi connectivity index (χ0) is 19.8. The van der Waals surface area contributed by atoms with Gasteiger partial charge in [-0.3, -0.25) is 9.59 Å². The molecule has 0 radical (unpaired) electrons. The van der Waals surface area contributed by atoms with Crippen LogP contribution in [0.3, 0.4) is 0 Å². The maximum absolute atomic E-state index is 13.0. The zero-order valence-corrected chi connectivity index (χ0v) is 17.1. The van der Waals surface area contributed by atoms with E-state index in [-0.39, 0.29) is 30.0 Å². The molecule has 3 N–H and O–H groups in total. The van der Waals surface area contributed by atoms with Gasteiger partial charge < -0.3 is 16.0 Å². The minimum atomic E-state index is -0.380. The largest absolute Gasteiger partial charge is 0.352 e. The Bertz CT molecular complexity index is 808. The second-order valence-electron chi connectivity index (χ2n) is 7.17. The van der Waals surface area contributed by atoms with Gasteiger partial charge in [0.1, 0.15) is 5.82 Å². The number of hydrogen-bond donors (Lipinski definition) is 3. The number of halogens is 2. The Morgan fingerprint density at radius 1 is 1.07 bits per heavy atom. The van der Waals surface area contributed by atoms with Crippen LogP contribution in [0.15, 0.2) is 48.5 Å². The number of amides is 2. The summed E-state index contributed by atoms with van der Waals surface area (Å²) in [6.07, 6.45) is 3.76. The SMILES string of the molecule is Cl.O=C(CCC1CCNCC1)NCc1cccc(NC(=O)c2ccc(F)cc2)c1. The van der Waals surface area contributed by atoms with E-state index in [4.69, 9.17) is 0 Å². The molecule has 0 bridgehead atoms. The molecule has 5 nitrogen and oxygen atoms in total. The third-order valence-corrected chi connectivity index (χ3v) is 5.02. The van der Waals surface area contributed by atoms with Crippen LogP contribution in [-0.4, -0.2) is 24.9 Å². The molecule has 0 aromatic heterocycles. The van der Waals surface area contributed by atoms with Gasteiger partial charge in [-0.05, 0) is 80.2 Å². The van der Waals surface area contributed by atoms with E-state index in [0.29, 0.717) is 30.1 Å². The van der Waals surface area contributed by atoms with Crippen molar-refractivity contribution in [2.24, 2.45) is 5.92 Å². The first-order valence-electron chi connectivity index (χ1n) is 9.73. The number of hydrogen-bond acceptors (Lipinski definition) is 3. The highest BCUT2D eigenvalue weighted by atomic mass is 35.5. The van der Waals surface area contributed by atoms with Gasteiger partial charge in [0.05, 0.1) is 0 Å². The van der Waals surface area contributed by atoms with Gasteiger partial charge in [0, 0.05) is 24.2 Å². The number of rotatable bonds is 7. The van der Waals surface area contributed by atoms with Crippen LogP contribution in [-0.2, 0) is 11.3 Å². The molecule has 2 amide bonds. The Labute approximate surface area is 176 Å². The minimum absolute atomic E-state index is 0. The molecular formula is C22H27ClFN3O2. The van der Waals surface area contributed by atoms with Crippen LogP contribution < -0.4 is 16.0 Å². The number of carbonyl (C=O) groups excluding carboxylic acids is 2. The molecule has 0 atom stereocenters. The van der Waals surface area contributed by atoms with E-state index in [1.54, 1.807) is 6.07 Å². The Hall–Kier alpha value is -2.44. The van der Waals surface area contributed by atoms with Gasteiger partial charge >= 0.3 is 0 Å². The fourth-order valence-electron chi connectivity index (χ4n) is 3.36. The first-order valence-corrected chi connectivity index (χ1v) is 9.73. The first-order chi connectivity index (χ1) is 13.6.